The number of amides is 1. The Hall–Kier alpha value is -3.23. The summed E-state index contributed by atoms with van der Waals surface area (Å²) < 4.78 is 16.0. The minimum absolute atomic E-state index is 0.00635. The van der Waals surface area contributed by atoms with Gasteiger partial charge in [0.15, 0.2) is 11.5 Å². The first-order chi connectivity index (χ1) is 17.5. The molecule has 7 nitrogen and oxygen atoms in total. The lowest BCUT2D eigenvalue weighted by Crippen LogP contribution is -2.52. The SMILES string of the molecule is COc1ccc(N2CCN([C@@H](c3cccs3)[C@@H](C)NC(=O)Cc3ccc(OC)c(OC)c3)CC2)cc1. The van der Waals surface area contributed by atoms with Gasteiger partial charge in [-0.25, -0.2) is 0 Å². The van der Waals surface area contributed by atoms with Gasteiger partial charge >= 0.3 is 0 Å². The van der Waals surface area contributed by atoms with Gasteiger partial charge < -0.3 is 24.4 Å². The number of piperazine rings is 1. The molecule has 2 aromatic carbocycles. The fourth-order valence-electron chi connectivity index (χ4n) is 4.81. The van der Waals surface area contributed by atoms with E-state index in [1.165, 1.54) is 10.6 Å². The fourth-order valence-corrected chi connectivity index (χ4v) is 5.78. The van der Waals surface area contributed by atoms with E-state index in [-0.39, 0.29) is 24.4 Å². The summed E-state index contributed by atoms with van der Waals surface area (Å²) in [6, 6.07) is 18.2. The topological polar surface area (TPSA) is 63.3 Å². The first kappa shape index (κ1) is 25.9. The lowest BCUT2D eigenvalue weighted by molar-refractivity contribution is -0.121. The number of thiophene rings is 1. The summed E-state index contributed by atoms with van der Waals surface area (Å²) >= 11 is 1.74. The predicted molar refractivity (Wildman–Crippen MR) is 145 cm³/mol. The third-order valence-electron chi connectivity index (χ3n) is 6.65. The Kier molecular flexibility index (Phi) is 8.72. The maximum atomic E-state index is 13.0. The van der Waals surface area contributed by atoms with Crippen molar-refractivity contribution in [2.24, 2.45) is 0 Å². The summed E-state index contributed by atoms with van der Waals surface area (Å²) in [5, 5.41) is 5.37. The summed E-state index contributed by atoms with van der Waals surface area (Å²) in [6.07, 6.45) is 0.285. The summed E-state index contributed by atoms with van der Waals surface area (Å²) in [6.45, 7) is 5.81. The maximum Gasteiger partial charge on any atom is 0.224 e. The Morgan fingerprint density at radius 1 is 0.944 bits per heavy atom. The van der Waals surface area contributed by atoms with E-state index < -0.39 is 0 Å². The van der Waals surface area contributed by atoms with Gasteiger partial charge in [-0.3, -0.25) is 9.69 Å². The van der Waals surface area contributed by atoms with Gasteiger partial charge in [-0.2, -0.15) is 0 Å². The molecule has 0 spiro atoms. The first-order valence-electron chi connectivity index (χ1n) is 12.2. The van der Waals surface area contributed by atoms with E-state index >= 15 is 0 Å². The van der Waals surface area contributed by atoms with Crippen molar-refractivity contribution in [3.8, 4) is 17.2 Å². The average Bonchev–Trinajstić information content (AvgIpc) is 3.43. The number of carbonyl (C=O) groups excluding carboxylic acids is 1. The van der Waals surface area contributed by atoms with Crippen LogP contribution < -0.4 is 24.4 Å². The molecule has 0 bridgehead atoms. The van der Waals surface area contributed by atoms with Crippen LogP contribution in [0.2, 0.25) is 0 Å². The summed E-state index contributed by atoms with van der Waals surface area (Å²) in [4.78, 5) is 19.2. The highest BCUT2D eigenvalue weighted by Crippen LogP contribution is 2.31. The van der Waals surface area contributed by atoms with Crippen molar-refractivity contribution in [3.05, 3.63) is 70.4 Å². The number of carbonyl (C=O) groups is 1. The van der Waals surface area contributed by atoms with Crippen LogP contribution in [-0.4, -0.2) is 64.4 Å². The van der Waals surface area contributed by atoms with Crippen molar-refractivity contribution in [2.75, 3.05) is 52.4 Å². The molecule has 8 heteroatoms. The molecule has 2 atom stereocenters. The highest BCUT2D eigenvalue weighted by molar-refractivity contribution is 7.10. The second-order valence-corrected chi connectivity index (χ2v) is 9.88. The lowest BCUT2D eigenvalue weighted by atomic mass is 10.0. The zero-order valence-corrected chi connectivity index (χ0v) is 22.2. The molecule has 2 heterocycles. The van der Waals surface area contributed by atoms with E-state index in [4.69, 9.17) is 14.2 Å². The minimum Gasteiger partial charge on any atom is -0.497 e. The molecule has 0 unspecified atom stereocenters. The fraction of sp³-hybridized carbons (Fsp3) is 0.393. The molecule has 1 fully saturated rings. The molecule has 1 aromatic heterocycles. The summed E-state index contributed by atoms with van der Waals surface area (Å²) in [5.41, 5.74) is 2.09. The van der Waals surface area contributed by atoms with Crippen molar-refractivity contribution in [1.82, 2.24) is 10.2 Å². The summed E-state index contributed by atoms with van der Waals surface area (Å²) in [7, 11) is 4.89. The number of nitrogens with zero attached hydrogens (tertiary/aromatic N) is 2. The van der Waals surface area contributed by atoms with Gasteiger partial charge in [0.05, 0.1) is 33.8 Å². The number of nitrogens with one attached hydrogen (secondary N) is 1. The highest BCUT2D eigenvalue weighted by atomic mass is 32.1. The van der Waals surface area contributed by atoms with Crippen molar-refractivity contribution >= 4 is 22.9 Å². The number of methoxy groups -OCH3 is 3. The summed E-state index contributed by atoms with van der Waals surface area (Å²) in [5.74, 6) is 2.14. The molecule has 0 aliphatic carbocycles. The molecule has 1 saturated heterocycles. The molecule has 1 amide bonds. The van der Waals surface area contributed by atoms with Gasteiger partial charge in [-0.1, -0.05) is 12.1 Å². The van der Waals surface area contributed by atoms with Crippen molar-refractivity contribution < 1.29 is 19.0 Å². The molecule has 1 aliphatic rings. The third kappa shape index (κ3) is 6.12. The minimum atomic E-state index is -0.0381. The quantitative estimate of drug-likeness (QED) is 0.438. The maximum absolute atomic E-state index is 13.0. The standard InChI is InChI=1S/C28H35N3O4S/c1-20(29-27(32)19-21-7-12-24(34-3)25(18-21)35-4)28(26-6-5-17-36-26)31-15-13-30(14-16-31)22-8-10-23(33-2)11-9-22/h5-12,17-18,20,28H,13-16,19H2,1-4H3,(H,29,32)/t20-,28-/m1/s1. The van der Waals surface area contributed by atoms with Gasteiger partial charge in [-0.15, -0.1) is 11.3 Å². The van der Waals surface area contributed by atoms with E-state index in [0.29, 0.717) is 11.5 Å². The largest absolute Gasteiger partial charge is 0.497 e. The molecule has 0 saturated carbocycles. The van der Waals surface area contributed by atoms with Gasteiger partial charge in [0.25, 0.3) is 0 Å². The molecule has 192 valence electrons. The van der Waals surface area contributed by atoms with Crippen LogP contribution in [0.15, 0.2) is 60.0 Å². The smallest absolute Gasteiger partial charge is 0.224 e. The second-order valence-electron chi connectivity index (χ2n) is 8.90. The van der Waals surface area contributed by atoms with Crippen molar-refractivity contribution in [3.63, 3.8) is 0 Å². The van der Waals surface area contributed by atoms with Gasteiger partial charge in [0.2, 0.25) is 5.91 Å². The Morgan fingerprint density at radius 2 is 1.67 bits per heavy atom. The van der Waals surface area contributed by atoms with E-state index in [9.17, 15) is 4.79 Å². The lowest BCUT2D eigenvalue weighted by Gasteiger charge is -2.42. The van der Waals surface area contributed by atoms with Crippen molar-refractivity contribution in [1.29, 1.82) is 0 Å². The molecular weight excluding hydrogens is 474 g/mol. The van der Waals surface area contributed by atoms with Gasteiger partial charge in [-0.05, 0) is 60.3 Å². The molecular formula is C28H35N3O4S. The number of hydrogen-bond donors (Lipinski definition) is 1. The van der Waals surface area contributed by atoms with Gasteiger partial charge in [0, 0.05) is 42.8 Å². The zero-order valence-electron chi connectivity index (χ0n) is 21.4. The molecule has 3 aromatic rings. The first-order valence-corrected chi connectivity index (χ1v) is 13.1. The van der Waals surface area contributed by atoms with E-state index in [1.54, 1.807) is 32.7 Å². The van der Waals surface area contributed by atoms with Crippen LogP contribution in [0, 0.1) is 0 Å². The Labute approximate surface area is 217 Å². The Balaban J connectivity index is 1.40. The number of ether oxygens (including phenoxy) is 3. The normalized spacial score (nSPS) is 15.7. The van der Waals surface area contributed by atoms with Crippen LogP contribution in [0.4, 0.5) is 5.69 Å². The molecule has 1 N–H and O–H groups in total. The highest BCUT2D eigenvalue weighted by Gasteiger charge is 2.31. The van der Waals surface area contributed by atoms with Crippen LogP contribution in [0.3, 0.4) is 0 Å². The Bertz CT molecular complexity index is 1110. The second kappa shape index (κ2) is 12.1. The van der Waals surface area contributed by atoms with E-state index in [2.05, 4.69) is 51.7 Å². The van der Waals surface area contributed by atoms with Gasteiger partial charge in [0.1, 0.15) is 5.75 Å². The molecule has 1 aliphatic heterocycles. The van der Waals surface area contributed by atoms with Crippen LogP contribution in [0.25, 0.3) is 0 Å². The number of rotatable bonds is 10. The predicted octanol–water partition coefficient (Wildman–Crippen LogP) is 4.38. The average molecular weight is 510 g/mol. The van der Waals surface area contributed by atoms with Crippen LogP contribution in [-0.2, 0) is 11.2 Å². The van der Waals surface area contributed by atoms with E-state index in [0.717, 1.165) is 37.5 Å². The van der Waals surface area contributed by atoms with Crippen LogP contribution in [0.1, 0.15) is 23.4 Å². The van der Waals surface area contributed by atoms with Crippen LogP contribution >= 0.6 is 11.3 Å². The van der Waals surface area contributed by atoms with Crippen molar-refractivity contribution in [2.45, 2.75) is 25.4 Å². The van der Waals surface area contributed by atoms with Crippen LogP contribution in [0.5, 0.6) is 17.2 Å². The molecule has 4 rings (SSSR count). The number of anilines is 1. The third-order valence-corrected chi connectivity index (χ3v) is 7.60. The monoisotopic (exact) mass is 509 g/mol. The zero-order chi connectivity index (χ0) is 25.5. The Morgan fingerprint density at radius 3 is 2.28 bits per heavy atom. The van der Waals surface area contributed by atoms with E-state index in [1.807, 2.05) is 30.3 Å². The number of hydrogen-bond acceptors (Lipinski definition) is 7. The molecule has 36 heavy (non-hydrogen) atoms. The molecule has 0 radical (unpaired) electrons. The number of benzene rings is 2.